The molecule has 0 saturated carbocycles. The minimum Gasteiger partial charge on any atom is -0.351 e. The van der Waals surface area contributed by atoms with E-state index in [1.165, 1.54) is 18.2 Å². The molecule has 1 amide bonds. The summed E-state index contributed by atoms with van der Waals surface area (Å²) in [6, 6.07) is 14.0. The third-order valence-corrected chi connectivity index (χ3v) is 3.80. The number of benzene rings is 2. The summed E-state index contributed by atoms with van der Waals surface area (Å²) in [5.74, 6) is -0.499. The van der Waals surface area contributed by atoms with Crippen LogP contribution in [0.1, 0.15) is 28.8 Å². The molecular weight excluding hydrogens is 321 g/mol. The number of halogens is 2. The number of carbonyl (C=O) groups excluding carboxylic acids is 1. The molecule has 0 bridgehead atoms. The van der Waals surface area contributed by atoms with Crippen LogP contribution in [0.2, 0.25) is 0 Å². The Morgan fingerprint density at radius 2 is 1.95 bits per heavy atom. The first-order valence-electron chi connectivity index (χ1n) is 6.36. The SMILES string of the molecule is CC(CNC(=O)c1cc(F)ccc1Br)c1ccccc1. The van der Waals surface area contributed by atoms with Crippen molar-refractivity contribution in [2.24, 2.45) is 0 Å². The summed E-state index contributed by atoms with van der Waals surface area (Å²) >= 11 is 3.26. The van der Waals surface area contributed by atoms with Crippen molar-refractivity contribution in [1.82, 2.24) is 5.32 Å². The van der Waals surface area contributed by atoms with Crippen molar-refractivity contribution >= 4 is 21.8 Å². The van der Waals surface area contributed by atoms with Gasteiger partial charge in [-0.1, -0.05) is 37.3 Å². The van der Waals surface area contributed by atoms with Crippen LogP contribution in [-0.4, -0.2) is 12.5 Å². The molecule has 0 fully saturated rings. The Balaban J connectivity index is 2.00. The molecule has 0 radical (unpaired) electrons. The second-order valence-electron chi connectivity index (χ2n) is 4.65. The molecule has 2 aromatic carbocycles. The normalized spacial score (nSPS) is 11.9. The van der Waals surface area contributed by atoms with Crippen LogP contribution in [0.4, 0.5) is 4.39 Å². The van der Waals surface area contributed by atoms with Gasteiger partial charge < -0.3 is 5.32 Å². The van der Waals surface area contributed by atoms with E-state index in [0.717, 1.165) is 5.56 Å². The van der Waals surface area contributed by atoms with Gasteiger partial charge >= 0.3 is 0 Å². The van der Waals surface area contributed by atoms with Gasteiger partial charge in [-0.05, 0) is 45.6 Å². The molecule has 1 atom stereocenters. The van der Waals surface area contributed by atoms with E-state index in [2.05, 4.69) is 21.2 Å². The van der Waals surface area contributed by atoms with Crippen LogP contribution in [0, 0.1) is 5.82 Å². The summed E-state index contributed by atoms with van der Waals surface area (Å²) in [4.78, 5) is 12.0. The smallest absolute Gasteiger partial charge is 0.252 e. The minimum absolute atomic E-state index is 0.201. The highest BCUT2D eigenvalue weighted by Gasteiger charge is 2.12. The van der Waals surface area contributed by atoms with Gasteiger partial charge in [-0.15, -0.1) is 0 Å². The Bertz CT molecular complexity index is 601. The van der Waals surface area contributed by atoms with Gasteiger partial charge in [0.25, 0.3) is 5.91 Å². The van der Waals surface area contributed by atoms with E-state index in [9.17, 15) is 9.18 Å². The van der Waals surface area contributed by atoms with Crippen LogP contribution in [0.3, 0.4) is 0 Å². The molecule has 0 aliphatic rings. The Kier molecular flexibility index (Phi) is 4.90. The number of carbonyl (C=O) groups is 1. The first kappa shape index (κ1) is 14.7. The van der Waals surface area contributed by atoms with E-state index in [4.69, 9.17) is 0 Å². The summed E-state index contributed by atoms with van der Waals surface area (Å²) in [5.41, 5.74) is 1.47. The predicted octanol–water partition coefficient (Wildman–Crippen LogP) is 4.12. The molecule has 0 heterocycles. The summed E-state index contributed by atoms with van der Waals surface area (Å²) < 4.78 is 13.8. The maximum Gasteiger partial charge on any atom is 0.252 e. The van der Waals surface area contributed by atoms with E-state index in [-0.39, 0.29) is 11.8 Å². The quantitative estimate of drug-likeness (QED) is 0.894. The van der Waals surface area contributed by atoms with Gasteiger partial charge in [-0.25, -0.2) is 4.39 Å². The lowest BCUT2D eigenvalue weighted by Crippen LogP contribution is -2.27. The van der Waals surface area contributed by atoms with E-state index in [1.54, 1.807) is 0 Å². The zero-order chi connectivity index (χ0) is 14.5. The summed E-state index contributed by atoms with van der Waals surface area (Å²) in [5, 5.41) is 2.83. The zero-order valence-electron chi connectivity index (χ0n) is 11.1. The van der Waals surface area contributed by atoms with Crippen LogP contribution in [0.5, 0.6) is 0 Å². The van der Waals surface area contributed by atoms with Crippen molar-refractivity contribution in [3.05, 3.63) is 69.9 Å². The largest absolute Gasteiger partial charge is 0.351 e. The van der Waals surface area contributed by atoms with E-state index in [0.29, 0.717) is 16.6 Å². The molecular formula is C16H15BrFNO. The van der Waals surface area contributed by atoms with Gasteiger partial charge in [0.1, 0.15) is 5.82 Å². The second kappa shape index (κ2) is 6.66. The fourth-order valence-electron chi connectivity index (χ4n) is 1.91. The third kappa shape index (κ3) is 3.67. The molecule has 2 nitrogen and oxygen atoms in total. The Morgan fingerprint density at radius 3 is 2.65 bits per heavy atom. The van der Waals surface area contributed by atoms with Crippen LogP contribution in [-0.2, 0) is 0 Å². The lowest BCUT2D eigenvalue weighted by atomic mass is 10.0. The predicted molar refractivity (Wildman–Crippen MR) is 81.3 cm³/mol. The van der Waals surface area contributed by atoms with Crippen molar-refractivity contribution in [3.8, 4) is 0 Å². The molecule has 1 unspecified atom stereocenters. The van der Waals surface area contributed by atoms with Gasteiger partial charge in [0, 0.05) is 11.0 Å². The van der Waals surface area contributed by atoms with Gasteiger partial charge in [0.05, 0.1) is 5.56 Å². The van der Waals surface area contributed by atoms with Crippen LogP contribution >= 0.6 is 15.9 Å². The summed E-state index contributed by atoms with van der Waals surface area (Å²) in [6.45, 7) is 2.54. The monoisotopic (exact) mass is 335 g/mol. The fraction of sp³-hybridized carbons (Fsp3) is 0.188. The fourth-order valence-corrected chi connectivity index (χ4v) is 2.34. The molecule has 104 valence electrons. The molecule has 0 spiro atoms. The van der Waals surface area contributed by atoms with Gasteiger partial charge in [0.15, 0.2) is 0 Å². The molecule has 0 aliphatic heterocycles. The van der Waals surface area contributed by atoms with Crippen molar-refractivity contribution in [2.75, 3.05) is 6.54 Å². The molecule has 4 heteroatoms. The topological polar surface area (TPSA) is 29.1 Å². The number of nitrogens with one attached hydrogen (secondary N) is 1. The van der Waals surface area contributed by atoms with Gasteiger partial charge in [0.2, 0.25) is 0 Å². The highest BCUT2D eigenvalue weighted by atomic mass is 79.9. The van der Waals surface area contributed by atoms with E-state index in [1.807, 2.05) is 37.3 Å². The number of hydrogen-bond donors (Lipinski definition) is 1. The molecule has 2 rings (SSSR count). The molecule has 0 aliphatic carbocycles. The first-order valence-corrected chi connectivity index (χ1v) is 7.15. The number of rotatable bonds is 4. The third-order valence-electron chi connectivity index (χ3n) is 3.11. The maximum atomic E-state index is 13.2. The average Bonchev–Trinajstić information content (AvgIpc) is 2.47. The second-order valence-corrected chi connectivity index (χ2v) is 5.50. The Hall–Kier alpha value is -1.68. The highest BCUT2D eigenvalue weighted by molar-refractivity contribution is 9.10. The lowest BCUT2D eigenvalue weighted by molar-refractivity contribution is 0.0950. The Labute approximate surface area is 126 Å². The van der Waals surface area contributed by atoms with Crippen molar-refractivity contribution < 1.29 is 9.18 Å². The number of amides is 1. The molecule has 2 aromatic rings. The average molecular weight is 336 g/mol. The summed E-state index contributed by atoms with van der Waals surface area (Å²) in [6.07, 6.45) is 0. The maximum absolute atomic E-state index is 13.2. The lowest BCUT2D eigenvalue weighted by Gasteiger charge is -2.13. The molecule has 20 heavy (non-hydrogen) atoms. The zero-order valence-corrected chi connectivity index (χ0v) is 12.7. The number of hydrogen-bond acceptors (Lipinski definition) is 1. The molecule has 1 N–H and O–H groups in total. The molecule has 0 aromatic heterocycles. The van der Waals surface area contributed by atoms with Crippen LogP contribution < -0.4 is 5.32 Å². The van der Waals surface area contributed by atoms with Crippen LogP contribution in [0.25, 0.3) is 0 Å². The molecule has 0 saturated heterocycles. The highest BCUT2D eigenvalue weighted by Crippen LogP contribution is 2.18. The van der Waals surface area contributed by atoms with Gasteiger partial charge in [-0.3, -0.25) is 4.79 Å². The standard InChI is InChI=1S/C16H15BrFNO/c1-11(12-5-3-2-4-6-12)10-19-16(20)14-9-13(18)7-8-15(14)17/h2-9,11H,10H2,1H3,(H,19,20). The van der Waals surface area contributed by atoms with Crippen LogP contribution in [0.15, 0.2) is 53.0 Å². The van der Waals surface area contributed by atoms with Crippen molar-refractivity contribution in [2.45, 2.75) is 12.8 Å². The van der Waals surface area contributed by atoms with E-state index < -0.39 is 5.82 Å². The van der Waals surface area contributed by atoms with Crippen molar-refractivity contribution in [3.63, 3.8) is 0 Å². The van der Waals surface area contributed by atoms with Crippen molar-refractivity contribution in [1.29, 1.82) is 0 Å². The summed E-state index contributed by atoms with van der Waals surface area (Å²) in [7, 11) is 0. The first-order chi connectivity index (χ1) is 9.58. The van der Waals surface area contributed by atoms with E-state index >= 15 is 0 Å². The minimum atomic E-state index is -0.422. The van der Waals surface area contributed by atoms with Gasteiger partial charge in [-0.2, -0.15) is 0 Å². The Morgan fingerprint density at radius 1 is 1.25 bits per heavy atom.